The highest BCUT2D eigenvalue weighted by atomic mass is 32.2. The van der Waals surface area contributed by atoms with Gasteiger partial charge in [-0.1, -0.05) is 11.8 Å². The molecule has 0 aromatic carbocycles. The summed E-state index contributed by atoms with van der Waals surface area (Å²) in [5, 5.41) is 0. The molecule has 2 heterocycles. The van der Waals surface area contributed by atoms with E-state index in [0.29, 0.717) is 0 Å². The van der Waals surface area contributed by atoms with Gasteiger partial charge in [-0.15, -0.1) is 47.9 Å². The Kier molecular flexibility index (Phi) is 3.31. The summed E-state index contributed by atoms with van der Waals surface area (Å²) in [5.74, 6) is 0. The van der Waals surface area contributed by atoms with E-state index < -0.39 is 0 Å². The Morgan fingerprint density at radius 3 is 1.62 bits per heavy atom. The largest absolute Gasteiger partial charge is 0.133 e. The molecule has 0 aliphatic carbocycles. The first-order valence-electron chi connectivity index (χ1n) is 3.49. The van der Waals surface area contributed by atoms with Crippen LogP contribution < -0.4 is 0 Å². The molecular formula is C8H6S5. The average molecular weight is 262 g/mol. The van der Waals surface area contributed by atoms with Crippen LogP contribution in [0.3, 0.4) is 0 Å². The summed E-state index contributed by atoms with van der Waals surface area (Å²) >= 11 is 13.7. The van der Waals surface area contributed by atoms with Crippen molar-refractivity contribution in [1.82, 2.24) is 0 Å². The van der Waals surface area contributed by atoms with Gasteiger partial charge in [0.05, 0.1) is 16.8 Å². The van der Waals surface area contributed by atoms with Crippen molar-refractivity contribution in [3.8, 4) is 0 Å². The molecular weight excluding hydrogens is 256 g/mol. The maximum Gasteiger partial charge on any atom is 0.0666 e. The van der Waals surface area contributed by atoms with Gasteiger partial charge in [-0.3, -0.25) is 0 Å². The molecule has 0 nitrogen and oxygen atoms in total. The second kappa shape index (κ2) is 4.31. The van der Waals surface area contributed by atoms with Crippen molar-refractivity contribution in [2.45, 2.75) is 16.8 Å². The molecule has 0 saturated carbocycles. The van der Waals surface area contributed by atoms with Crippen molar-refractivity contribution in [2.24, 2.45) is 0 Å². The lowest BCUT2D eigenvalue weighted by Crippen LogP contribution is -1.54. The zero-order chi connectivity index (χ0) is 9.26. The first-order valence-corrected chi connectivity index (χ1v) is 6.84. The first kappa shape index (κ1) is 9.98. The van der Waals surface area contributed by atoms with Crippen LogP contribution >= 0.6 is 59.7 Å². The summed E-state index contributed by atoms with van der Waals surface area (Å²) in [6.07, 6.45) is 0. The van der Waals surface area contributed by atoms with Crippen molar-refractivity contribution in [3.05, 3.63) is 24.3 Å². The van der Waals surface area contributed by atoms with E-state index >= 15 is 0 Å². The lowest BCUT2D eigenvalue weighted by molar-refractivity contribution is 1.64. The predicted octanol–water partition coefficient (Wildman–Crippen LogP) is 4.54. The molecule has 0 unspecified atom stereocenters. The third-order valence-electron chi connectivity index (χ3n) is 1.34. The van der Waals surface area contributed by atoms with Crippen molar-refractivity contribution in [3.63, 3.8) is 0 Å². The molecule has 5 heteroatoms. The van der Waals surface area contributed by atoms with Crippen molar-refractivity contribution in [2.75, 3.05) is 0 Å². The number of thiophene rings is 2. The fourth-order valence-corrected chi connectivity index (χ4v) is 4.94. The summed E-state index contributed by atoms with van der Waals surface area (Å²) in [6.45, 7) is 0. The molecule has 0 spiro atoms. The molecule has 0 fully saturated rings. The monoisotopic (exact) mass is 262 g/mol. The quantitative estimate of drug-likeness (QED) is 0.749. The molecule has 2 rings (SSSR count). The van der Waals surface area contributed by atoms with Crippen LogP contribution in [0.2, 0.25) is 0 Å². The first-order chi connectivity index (χ1) is 6.24. The maximum atomic E-state index is 4.27. The third kappa shape index (κ3) is 2.70. The van der Waals surface area contributed by atoms with Crippen LogP contribution in [-0.4, -0.2) is 0 Å². The van der Waals surface area contributed by atoms with E-state index in [9.17, 15) is 0 Å². The van der Waals surface area contributed by atoms with E-state index in [1.807, 2.05) is 12.1 Å². The Bertz CT molecular complexity index is 362. The fourth-order valence-electron chi connectivity index (χ4n) is 0.830. The fraction of sp³-hybridized carbons (Fsp3) is 0. The van der Waals surface area contributed by atoms with Crippen LogP contribution in [0.25, 0.3) is 0 Å². The van der Waals surface area contributed by atoms with Crippen LogP contribution in [0.15, 0.2) is 41.1 Å². The maximum absolute atomic E-state index is 4.27. The van der Waals surface area contributed by atoms with E-state index in [1.165, 1.54) is 8.42 Å². The number of hydrogen-bond acceptors (Lipinski definition) is 5. The van der Waals surface area contributed by atoms with Crippen LogP contribution in [-0.2, 0) is 0 Å². The molecule has 0 aliphatic rings. The second-order valence-electron chi connectivity index (χ2n) is 2.29. The van der Waals surface area contributed by atoms with Crippen molar-refractivity contribution in [1.29, 1.82) is 0 Å². The van der Waals surface area contributed by atoms with E-state index in [2.05, 4.69) is 37.4 Å². The average Bonchev–Trinajstić information content (AvgIpc) is 2.62. The number of rotatable bonds is 2. The van der Waals surface area contributed by atoms with Gasteiger partial charge in [0.2, 0.25) is 0 Å². The van der Waals surface area contributed by atoms with Gasteiger partial charge >= 0.3 is 0 Å². The van der Waals surface area contributed by atoms with Gasteiger partial charge in [-0.2, -0.15) is 0 Å². The Morgan fingerprint density at radius 1 is 0.846 bits per heavy atom. The highest BCUT2D eigenvalue weighted by Crippen LogP contribution is 2.38. The Balaban J connectivity index is 2.14. The summed E-state index contributed by atoms with van der Waals surface area (Å²) in [6, 6.07) is 8.22. The van der Waals surface area contributed by atoms with Gasteiger partial charge in [-0.05, 0) is 24.3 Å². The molecule has 0 saturated heterocycles. The van der Waals surface area contributed by atoms with Crippen LogP contribution in [0.5, 0.6) is 0 Å². The highest BCUT2D eigenvalue weighted by molar-refractivity contribution is 8.03. The van der Waals surface area contributed by atoms with Crippen LogP contribution in [0, 0.1) is 0 Å². The topological polar surface area (TPSA) is 0 Å². The molecule has 0 radical (unpaired) electrons. The highest BCUT2D eigenvalue weighted by Gasteiger charge is 2.02. The summed E-state index contributed by atoms with van der Waals surface area (Å²) in [5.41, 5.74) is 0. The molecule has 0 amide bonds. The minimum atomic E-state index is 1.06. The van der Waals surface area contributed by atoms with E-state index in [4.69, 9.17) is 0 Å². The summed E-state index contributed by atoms with van der Waals surface area (Å²) in [7, 11) is 0. The lowest BCUT2D eigenvalue weighted by atomic mass is 10.7. The van der Waals surface area contributed by atoms with Crippen LogP contribution in [0.1, 0.15) is 0 Å². The molecule has 0 aliphatic heterocycles. The van der Waals surface area contributed by atoms with Crippen LogP contribution in [0.4, 0.5) is 0 Å². The minimum absolute atomic E-state index is 1.06. The predicted molar refractivity (Wildman–Crippen MR) is 67.3 cm³/mol. The standard InChI is InChI=1S/C8H6S5/c9-5-1-3-7(11-5)13-8-4-2-6(10)12-8/h1-4,9-10H. The van der Waals surface area contributed by atoms with Crippen molar-refractivity contribution >= 4 is 59.7 Å². The van der Waals surface area contributed by atoms with E-state index in [-0.39, 0.29) is 0 Å². The zero-order valence-corrected chi connectivity index (χ0v) is 10.7. The second-order valence-corrected chi connectivity index (χ2v) is 7.62. The Morgan fingerprint density at radius 2 is 1.31 bits per heavy atom. The van der Waals surface area contributed by atoms with Gasteiger partial charge in [0.1, 0.15) is 0 Å². The molecule has 0 N–H and O–H groups in total. The van der Waals surface area contributed by atoms with Crippen molar-refractivity contribution < 1.29 is 0 Å². The normalized spacial score (nSPS) is 10.6. The van der Waals surface area contributed by atoms with Gasteiger partial charge in [0.15, 0.2) is 0 Å². The van der Waals surface area contributed by atoms with Gasteiger partial charge < -0.3 is 0 Å². The molecule has 0 bridgehead atoms. The Hall–Kier alpha value is 0.450. The van der Waals surface area contributed by atoms with Gasteiger partial charge in [0.25, 0.3) is 0 Å². The molecule has 13 heavy (non-hydrogen) atoms. The van der Waals surface area contributed by atoms with E-state index in [1.54, 1.807) is 34.4 Å². The molecule has 68 valence electrons. The lowest BCUT2D eigenvalue weighted by Gasteiger charge is -1.90. The number of hydrogen-bond donors (Lipinski definition) is 2. The van der Waals surface area contributed by atoms with Gasteiger partial charge in [-0.25, -0.2) is 0 Å². The molecule has 0 atom stereocenters. The Labute approximate surface area is 100 Å². The summed E-state index contributed by atoms with van der Waals surface area (Å²) < 4.78 is 4.68. The minimum Gasteiger partial charge on any atom is -0.133 e. The number of thiol groups is 2. The van der Waals surface area contributed by atoms with E-state index in [0.717, 1.165) is 8.42 Å². The SMILES string of the molecule is Sc1ccc(Sc2ccc(S)s2)s1. The smallest absolute Gasteiger partial charge is 0.0666 e. The molecule has 2 aromatic rings. The summed E-state index contributed by atoms with van der Waals surface area (Å²) in [4.78, 5) is 0. The van der Waals surface area contributed by atoms with Gasteiger partial charge in [0, 0.05) is 0 Å². The molecule has 2 aromatic heterocycles. The zero-order valence-electron chi connectivity index (χ0n) is 6.43. The third-order valence-corrected chi connectivity index (χ3v) is 5.22.